The lowest BCUT2D eigenvalue weighted by Gasteiger charge is -2.13. The molecule has 0 radical (unpaired) electrons. The largest absolute Gasteiger partial charge is 0.481 e. The van der Waals surface area contributed by atoms with Crippen molar-refractivity contribution in [2.45, 2.75) is 31.9 Å². The normalized spacial score (nSPS) is 15.8. The van der Waals surface area contributed by atoms with Crippen molar-refractivity contribution in [3.8, 4) is 11.3 Å². The van der Waals surface area contributed by atoms with Crippen molar-refractivity contribution in [2.24, 2.45) is 0 Å². The van der Waals surface area contributed by atoms with Crippen molar-refractivity contribution in [1.82, 2.24) is 4.90 Å². The summed E-state index contributed by atoms with van der Waals surface area (Å²) >= 11 is 12.4. The number of hydrogen-bond acceptors (Lipinski definition) is 5. The molecule has 0 unspecified atom stereocenters. The maximum Gasteiger partial charge on any atom is 0.416 e. The van der Waals surface area contributed by atoms with Gasteiger partial charge in [0.2, 0.25) is 0 Å². The van der Waals surface area contributed by atoms with Gasteiger partial charge in [-0.2, -0.15) is 13.2 Å². The Hall–Kier alpha value is -2.30. The lowest BCUT2D eigenvalue weighted by molar-refractivity contribution is -0.138. The third-order valence-corrected chi connectivity index (χ3v) is 6.30. The zero-order chi connectivity index (χ0) is 23.5. The van der Waals surface area contributed by atoms with Crippen LogP contribution in [-0.2, 0) is 15.8 Å². The van der Waals surface area contributed by atoms with E-state index in [-0.39, 0.29) is 23.1 Å². The molecule has 1 fully saturated rings. The Morgan fingerprint density at radius 3 is 2.62 bits per heavy atom. The van der Waals surface area contributed by atoms with Crippen LogP contribution in [0.5, 0.6) is 0 Å². The molecule has 0 atom stereocenters. The lowest BCUT2D eigenvalue weighted by Crippen LogP contribution is -2.29. The van der Waals surface area contributed by atoms with Gasteiger partial charge in [-0.25, -0.2) is 0 Å². The number of hydrogen-bond donors (Lipinski definition) is 1. The first-order valence-corrected chi connectivity index (χ1v) is 11.1. The topological polar surface area (TPSA) is 70.8 Å². The van der Waals surface area contributed by atoms with E-state index in [1.165, 1.54) is 17.0 Å². The SMILES string of the molecule is O=C(O)CCCCCN1C(=O)/C(=C\c2ccc(-c3ccc(C(F)(F)F)cc3Cl)o2)SC1=S. The van der Waals surface area contributed by atoms with Gasteiger partial charge in [0.15, 0.2) is 0 Å². The Labute approximate surface area is 196 Å². The molecule has 5 nitrogen and oxygen atoms in total. The summed E-state index contributed by atoms with van der Waals surface area (Å²) in [5.74, 6) is -0.528. The van der Waals surface area contributed by atoms with Gasteiger partial charge in [-0.3, -0.25) is 14.5 Å². The zero-order valence-electron chi connectivity index (χ0n) is 16.4. The number of alkyl halides is 3. The number of furan rings is 1. The van der Waals surface area contributed by atoms with Crippen LogP contribution in [0.4, 0.5) is 13.2 Å². The van der Waals surface area contributed by atoms with Crippen LogP contribution in [0.3, 0.4) is 0 Å². The van der Waals surface area contributed by atoms with E-state index >= 15 is 0 Å². The average Bonchev–Trinajstić information content (AvgIpc) is 3.26. The van der Waals surface area contributed by atoms with Crippen molar-refractivity contribution in [3.05, 3.63) is 51.6 Å². The number of thioether (sulfide) groups is 1. The van der Waals surface area contributed by atoms with Crippen molar-refractivity contribution in [1.29, 1.82) is 0 Å². The molecular weight excluding hydrogens is 487 g/mol. The Morgan fingerprint density at radius 1 is 1.22 bits per heavy atom. The van der Waals surface area contributed by atoms with Gasteiger partial charge >= 0.3 is 12.1 Å². The van der Waals surface area contributed by atoms with Crippen molar-refractivity contribution in [2.75, 3.05) is 6.54 Å². The first-order valence-electron chi connectivity index (χ1n) is 9.50. The number of amides is 1. The van der Waals surface area contributed by atoms with E-state index in [1.807, 2.05) is 0 Å². The van der Waals surface area contributed by atoms with E-state index in [0.717, 1.165) is 23.9 Å². The first kappa shape index (κ1) is 24.3. The number of carboxylic acids is 1. The molecule has 3 rings (SSSR count). The summed E-state index contributed by atoms with van der Waals surface area (Å²) in [6.45, 7) is 0.395. The van der Waals surface area contributed by atoms with Gasteiger partial charge in [-0.15, -0.1) is 0 Å². The van der Waals surface area contributed by atoms with E-state index in [2.05, 4.69) is 0 Å². The van der Waals surface area contributed by atoms with Crippen LogP contribution in [0, 0.1) is 0 Å². The van der Waals surface area contributed by atoms with Crippen molar-refractivity contribution < 1.29 is 32.3 Å². The average molecular weight is 504 g/mol. The molecule has 1 aromatic heterocycles. The molecule has 0 bridgehead atoms. The van der Waals surface area contributed by atoms with Gasteiger partial charge in [-0.1, -0.05) is 42.0 Å². The van der Waals surface area contributed by atoms with Gasteiger partial charge in [0.1, 0.15) is 15.8 Å². The third-order valence-electron chi connectivity index (χ3n) is 4.61. The minimum atomic E-state index is -4.50. The molecular formula is C21H17ClF3NO4S2. The minimum absolute atomic E-state index is 0.0854. The van der Waals surface area contributed by atoms with Crippen LogP contribution >= 0.6 is 35.6 Å². The van der Waals surface area contributed by atoms with Crippen LogP contribution in [0.1, 0.15) is 37.0 Å². The number of carboxylic acid groups (broad SMARTS) is 1. The Morgan fingerprint density at radius 2 is 1.97 bits per heavy atom. The Kier molecular flexibility index (Phi) is 7.68. The summed E-state index contributed by atoms with van der Waals surface area (Å²) < 4.78 is 44.5. The number of aliphatic carboxylic acids is 1. The molecule has 0 aliphatic carbocycles. The van der Waals surface area contributed by atoms with Gasteiger partial charge < -0.3 is 9.52 Å². The van der Waals surface area contributed by atoms with Gasteiger partial charge in [0.25, 0.3) is 5.91 Å². The molecule has 1 saturated heterocycles. The Bertz CT molecular complexity index is 1080. The molecule has 32 heavy (non-hydrogen) atoms. The number of benzene rings is 1. The summed E-state index contributed by atoms with van der Waals surface area (Å²) in [4.78, 5) is 25.0. The predicted octanol–water partition coefficient (Wildman–Crippen LogP) is 6.47. The third kappa shape index (κ3) is 5.93. The number of halogens is 4. The predicted molar refractivity (Wildman–Crippen MR) is 120 cm³/mol. The molecule has 1 aliphatic rings. The molecule has 11 heteroatoms. The summed E-state index contributed by atoms with van der Waals surface area (Å²) in [5.41, 5.74) is -0.558. The van der Waals surface area contributed by atoms with E-state index in [9.17, 15) is 22.8 Å². The van der Waals surface area contributed by atoms with Crippen LogP contribution in [0.2, 0.25) is 5.02 Å². The maximum absolute atomic E-state index is 12.8. The summed E-state index contributed by atoms with van der Waals surface area (Å²) in [6.07, 6.45) is -1.07. The molecule has 1 aromatic carbocycles. The molecule has 2 heterocycles. The molecule has 0 saturated carbocycles. The fourth-order valence-corrected chi connectivity index (χ4v) is 4.57. The molecule has 1 amide bonds. The number of carbonyl (C=O) groups excluding carboxylic acids is 1. The molecule has 1 N–H and O–H groups in total. The maximum atomic E-state index is 12.8. The van der Waals surface area contributed by atoms with Crippen LogP contribution in [0.15, 0.2) is 39.7 Å². The summed E-state index contributed by atoms with van der Waals surface area (Å²) in [7, 11) is 0. The van der Waals surface area contributed by atoms with Crippen LogP contribution < -0.4 is 0 Å². The Balaban J connectivity index is 1.68. The standard InChI is InChI=1S/C21H17ClF3NO4S2/c22-15-10-12(21(23,24)25)5-7-14(15)16-8-6-13(30-16)11-17-19(29)26(20(31)32-17)9-3-1-2-4-18(27)28/h5-8,10-11H,1-4,9H2,(H,27,28)/b17-11+. The van der Waals surface area contributed by atoms with E-state index in [1.54, 1.807) is 12.1 Å². The molecule has 0 spiro atoms. The zero-order valence-corrected chi connectivity index (χ0v) is 18.8. The number of thiocarbonyl (C=S) groups is 1. The van der Waals surface area contributed by atoms with E-state index in [4.69, 9.17) is 33.3 Å². The minimum Gasteiger partial charge on any atom is -0.481 e. The fourth-order valence-electron chi connectivity index (χ4n) is 3.01. The van der Waals surface area contributed by atoms with Gasteiger partial charge in [0.05, 0.1) is 15.5 Å². The molecule has 2 aromatic rings. The monoisotopic (exact) mass is 503 g/mol. The summed E-state index contributed by atoms with van der Waals surface area (Å²) in [5, 5.41) is 8.56. The van der Waals surface area contributed by atoms with Crippen molar-refractivity contribution in [3.63, 3.8) is 0 Å². The quantitative estimate of drug-likeness (QED) is 0.253. The van der Waals surface area contributed by atoms with E-state index in [0.29, 0.717) is 46.4 Å². The van der Waals surface area contributed by atoms with E-state index < -0.39 is 17.7 Å². The highest BCUT2D eigenvalue weighted by atomic mass is 35.5. The summed E-state index contributed by atoms with van der Waals surface area (Å²) in [6, 6.07) is 6.13. The van der Waals surface area contributed by atoms with Gasteiger partial charge in [0, 0.05) is 24.6 Å². The molecule has 1 aliphatic heterocycles. The van der Waals surface area contributed by atoms with Crippen LogP contribution in [0.25, 0.3) is 17.4 Å². The second kappa shape index (κ2) is 10.1. The highest BCUT2D eigenvalue weighted by Crippen LogP contribution is 2.37. The second-order valence-corrected chi connectivity index (χ2v) is 9.02. The highest BCUT2D eigenvalue weighted by Gasteiger charge is 2.32. The number of nitrogens with zero attached hydrogens (tertiary/aromatic N) is 1. The number of rotatable bonds is 8. The smallest absolute Gasteiger partial charge is 0.416 e. The fraction of sp³-hybridized carbons (Fsp3) is 0.286. The second-order valence-electron chi connectivity index (χ2n) is 6.93. The molecule has 170 valence electrons. The first-order chi connectivity index (χ1) is 15.1. The van der Waals surface area contributed by atoms with Gasteiger partial charge in [-0.05, 0) is 43.2 Å². The van der Waals surface area contributed by atoms with Crippen molar-refractivity contribution >= 4 is 57.9 Å². The lowest BCUT2D eigenvalue weighted by atomic mass is 10.1. The number of unbranched alkanes of at least 4 members (excludes halogenated alkanes) is 2. The van der Waals surface area contributed by atoms with Crippen LogP contribution in [-0.4, -0.2) is 32.7 Å². The highest BCUT2D eigenvalue weighted by molar-refractivity contribution is 8.26. The number of carbonyl (C=O) groups is 2.